The fraction of sp³-hybridized carbons (Fsp3) is 0.750. The molecule has 2 unspecified atom stereocenters. The number of carbonyl (C=O) groups excluding carboxylic acids is 5. The molecule has 5 rings (SSSR count). The van der Waals surface area contributed by atoms with E-state index in [4.69, 9.17) is 0 Å². The van der Waals surface area contributed by atoms with Crippen LogP contribution in [-0.4, -0.2) is 92.4 Å². The van der Waals surface area contributed by atoms with Crippen LogP contribution in [0.3, 0.4) is 0 Å². The van der Waals surface area contributed by atoms with Gasteiger partial charge in [0.25, 0.3) is 11.8 Å². The number of carbonyl (C=O) groups is 5. The number of amides is 5. The number of rotatable bonds is 13. The van der Waals surface area contributed by atoms with E-state index in [2.05, 4.69) is 31.2 Å². The van der Waals surface area contributed by atoms with E-state index in [9.17, 15) is 29.1 Å². The highest BCUT2D eigenvalue weighted by Gasteiger charge is 2.52. The molecule has 5 N–H and O–H groups in total. The van der Waals surface area contributed by atoms with Crippen LogP contribution in [0.15, 0.2) is 18.6 Å². The molecule has 49 heavy (non-hydrogen) atoms. The number of likely N-dealkylation sites (tertiary alicyclic amines) is 1. The highest BCUT2D eigenvalue weighted by atomic mass is 16.3. The van der Waals surface area contributed by atoms with Gasteiger partial charge in [0.2, 0.25) is 17.7 Å². The summed E-state index contributed by atoms with van der Waals surface area (Å²) in [4.78, 5) is 78.5. The Hall–Kier alpha value is -3.61. The average molecular weight is 682 g/mol. The zero-order chi connectivity index (χ0) is 35.3. The van der Waals surface area contributed by atoms with Gasteiger partial charge in [-0.05, 0) is 68.1 Å². The summed E-state index contributed by atoms with van der Waals surface area (Å²) in [6.07, 6.45) is 12.8. The van der Waals surface area contributed by atoms with E-state index in [0.29, 0.717) is 19.4 Å². The van der Waals surface area contributed by atoms with Gasteiger partial charge in [0.15, 0.2) is 6.10 Å². The number of hydrogen-bond donors (Lipinski definition) is 5. The van der Waals surface area contributed by atoms with Gasteiger partial charge in [0, 0.05) is 25.0 Å². The number of fused-ring (bicyclic) bond motifs is 1. The number of nitrogens with zero attached hydrogens (tertiary/aromatic N) is 3. The molecule has 5 amide bonds. The first-order chi connectivity index (χ1) is 23.4. The second kappa shape index (κ2) is 15.9. The van der Waals surface area contributed by atoms with Gasteiger partial charge in [0.1, 0.15) is 23.8 Å². The Kier molecular flexibility index (Phi) is 11.9. The standard InChI is InChI=1S/C36H55N7O6/c1-5-10-25(29(44)34(48)39-23-15-16-23)40-33(47)28-24-14-9-13-22(24)20-43(28)35(49)30(36(2,3)4)42-32(46)27(21-11-7-6-8-12-21)41-31(45)26-19-37-17-18-38-26/h17-19,21-25,27-30,44H,5-16,20H2,1-4H3,(H,39,48)(H,40,47)(H,41,45)(H,42,46)/t22-,24-,25-,27-,28?,29?,30+/m0/s1. The van der Waals surface area contributed by atoms with E-state index in [1.54, 1.807) is 4.90 Å². The molecule has 1 aromatic heterocycles. The molecule has 0 radical (unpaired) electrons. The number of nitrogens with one attached hydrogen (secondary N) is 4. The highest BCUT2D eigenvalue weighted by Crippen LogP contribution is 2.43. The topological polar surface area (TPSA) is 183 Å². The maximum Gasteiger partial charge on any atom is 0.272 e. The largest absolute Gasteiger partial charge is 0.381 e. The maximum atomic E-state index is 14.6. The zero-order valence-electron chi connectivity index (χ0n) is 29.5. The molecule has 4 aliphatic rings. The quantitative estimate of drug-likeness (QED) is 0.210. The third-order valence-corrected chi connectivity index (χ3v) is 10.8. The Bertz CT molecular complexity index is 1340. The molecule has 1 saturated heterocycles. The van der Waals surface area contributed by atoms with Gasteiger partial charge in [-0.2, -0.15) is 0 Å². The van der Waals surface area contributed by atoms with Crippen LogP contribution in [0.5, 0.6) is 0 Å². The van der Waals surface area contributed by atoms with E-state index in [0.717, 1.165) is 64.2 Å². The van der Waals surface area contributed by atoms with Crippen LogP contribution in [0, 0.1) is 23.2 Å². The predicted octanol–water partition coefficient (Wildman–Crippen LogP) is 2.24. The molecule has 0 bridgehead atoms. The van der Waals surface area contributed by atoms with Gasteiger partial charge >= 0.3 is 0 Å². The molecule has 1 aromatic rings. The lowest BCUT2D eigenvalue weighted by molar-refractivity contribution is -0.146. The molecule has 2 heterocycles. The minimum atomic E-state index is -1.40. The summed E-state index contributed by atoms with van der Waals surface area (Å²) >= 11 is 0. The summed E-state index contributed by atoms with van der Waals surface area (Å²) in [7, 11) is 0. The van der Waals surface area contributed by atoms with Crippen molar-refractivity contribution in [2.75, 3.05) is 6.54 Å². The molecule has 13 nitrogen and oxygen atoms in total. The van der Waals surface area contributed by atoms with Crippen LogP contribution in [-0.2, 0) is 19.2 Å². The van der Waals surface area contributed by atoms with E-state index in [-0.39, 0.29) is 41.3 Å². The highest BCUT2D eigenvalue weighted by molar-refractivity contribution is 5.98. The van der Waals surface area contributed by atoms with Crippen LogP contribution < -0.4 is 21.3 Å². The Balaban J connectivity index is 1.35. The Labute approximate surface area is 289 Å². The summed E-state index contributed by atoms with van der Waals surface area (Å²) in [5, 5.41) is 22.6. The molecule has 0 spiro atoms. The van der Waals surface area contributed by atoms with E-state index in [1.165, 1.54) is 18.6 Å². The third kappa shape index (κ3) is 8.95. The van der Waals surface area contributed by atoms with Crippen molar-refractivity contribution in [1.82, 2.24) is 36.1 Å². The number of hydrogen-bond acceptors (Lipinski definition) is 8. The summed E-state index contributed by atoms with van der Waals surface area (Å²) in [5.74, 6) is -2.18. The van der Waals surface area contributed by atoms with Crippen LogP contribution >= 0.6 is 0 Å². The Morgan fingerprint density at radius 3 is 2.29 bits per heavy atom. The second-order valence-electron chi connectivity index (χ2n) is 15.7. The summed E-state index contributed by atoms with van der Waals surface area (Å²) in [5.41, 5.74) is -0.618. The van der Waals surface area contributed by atoms with Crippen molar-refractivity contribution in [3.8, 4) is 0 Å². The normalized spacial score (nSPS) is 25.0. The molecular weight excluding hydrogens is 626 g/mol. The molecule has 270 valence electrons. The fourth-order valence-corrected chi connectivity index (χ4v) is 8.00. The minimum absolute atomic E-state index is 0.0544. The molecule has 3 aliphatic carbocycles. The first-order valence-electron chi connectivity index (χ1n) is 18.4. The van der Waals surface area contributed by atoms with Gasteiger partial charge in [-0.3, -0.25) is 29.0 Å². The first kappa shape index (κ1) is 36.7. The van der Waals surface area contributed by atoms with E-state index < -0.39 is 53.4 Å². The molecule has 0 aromatic carbocycles. The molecular formula is C36H55N7O6. The summed E-state index contributed by atoms with van der Waals surface area (Å²) in [6, 6.07) is -3.35. The van der Waals surface area contributed by atoms with Crippen molar-refractivity contribution < 1.29 is 29.1 Å². The smallest absolute Gasteiger partial charge is 0.272 e. The third-order valence-electron chi connectivity index (χ3n) is 10.8. The number of aromatic nitrogens is 2. The SMILES string of the molecule is CCC[C@H](NC(=O)C1[C@H]2CCC[C@H]2CN1C(=O)[C@@H](NC(=O)[C@@H](NC(=O)c1cnccn1)C1CCCCC1)C(C)(C)C)C(O)C(=O)NC1CC1. The van der Waals surface area contributed by atoms with Crippen molar-refractivity contribution in [3.05, 3.63) is 24.3 Å². The van der Waals surface area contributed by atoms with Crippen LogP contribution in [0.2, 0.25) is 0 Å². The molecule has 13 heteroatoms. The lowest BCUT2D eigenvalue weighted by Crippen LogP contribution is -2.62. The summed E-state index contributed by atoms with van der Waals surface area (Å²) in [6.45, 7) is 7.95. The van der Waals surface area contributed by atoms with Crippen LogP contribution in [0.1, 0.15) is 115 Å². The van der Waals surface area contributed by atoms with E-state index >= 15 is 0 Å². The van der Waals surface area contributed by atoms with Gasteiger partial charge < -0.3 is 31.3 Å². The van der Waals surface area contributed by atoms with Gasteiger partial charge in [-0.25, -0.2) is 4.98 Å². The minimum Gasteiger partial charge on any atom is -0.381 e. The number of aliphatic hydroxyl groups excluding tert-OH is 1. The van der Waals surface area contributed by atoms with Gasteiger partial charge in [-0.1, -0.05) is 59.8 Å². The second-order valence-corrected chi connectivity index (χ2v) is 15.7. The molecule has 4 fully saturated rings. The molecule has 3 saturated carbocycles. The summed E-state index contributed by atoms with van der Waals surface area (Å²) < 4.78 is 0. The van der Waals surface area contributed by atoms with Crippen molar-refractivity contribution >= 4 is 29.5 Å². The fourth-order valence-electron chi connectivity index (χ4n) is 8.00. The Morgan fingerprint density at radius 1 is 0.918 bits per heavy atom. The van der Waals surface area contributed by atoms with Crippen LogP contribution in [0.4, 0.5) is 0 Å². The average Bonchev–Trinajstić information content (AvgIpc) is 3.65. The monoisotopic (exact) mass is 681 g/mol. The van der Waals surface area contributed by atoms with E-state index in [1.807, 2.05) is 27.7 Å². The van der Waals surface area contributed by atoms with Gasteiger partial charge in [0.05, 0.1) is 12.2 Å². The van der Waals surface area contributed by atoms with Crippen molar-refractivity contribution in [2.45, 2.75) is 141 Å². The Morgan fingerprint density at radius 2 is 1.65 bits per heavy atom. The molecule has 7 atom stereocenters. The van der Waals surface area contributed by atoms with Crippen molar-refractivity contribution in [3.63, 3.8) is 0 Å². The lowest BCUT2D eigenvalue weighted by atomic mass is 9.82. The van der Waals surface area contributed by atoms with Crippen molar-refractivity contribution in [2.24, 2.45) is 23.2 Å². The number of aliphatic hydroxyl groups is 1. The molecule has 1 aliphatic heterocycles. The van der Waals surface area contributed by atoms with Gasteiger partial charge in [-0.15, -0.1) is 0 Å². The lowest BCUT2D eigenvalue weighted by Gasteiger charge is -2.38. The zero-order valence-corrected chi connectivity index (χ0v) is 29.5. The first-order valence-corrected chi connectivity index (χ1v) is 18.4. The maximum absolute atomic E-state index is 14.6. The van der Waals surface area contributed by atoms with Crippen molar-refractivity contribution in [1.29, 1.82) is 0 Å². The van der Waals surface area contributed by atoms with Crippen LogP contribution in [0.25, 0.3) is 0 Å². The predicted molar refractivity (Wildman–Crippen MR) is 182 cm³/mol.